The van der Waals surface area contributed by atoms with Gasteiger partial charge in [0.25, 0.3) is 0 Å². The first-order valence-electron chi connectivity index (χ1n) is 11.0. The molecule has 34 heavy (non-hydrogen) atoms. The van der Waals surface area contributed by atoms with Crippen molar-refractivity contribution in [3.05, 3.63) is 71.9 Å². The zero-order chi connectivity index (χ0) is 24.2. The van der Waals surface area contributed by atoms with Crippen LogP contribution < -0.4 is 4.74 Å². The summed E-state index contributed by atoms with van der Waals surface area (Å²) in [6.45, 7) is 2.57. The van der Waals surface area contributed by atoms with Crippen molar-refractivity contribution in [2.75, 3.05) is 20.7 Å². The van der Waals surface area contributed by atoms with Crippen LogP contribution in [-0.2, 0) is 24.9 Å². The van der Waals surface area contributed by atoms with E-state index in [9.17, 15) is 9.90 Å². The zero-order valence-electron chi connectivity index (χ0n) is 19.8. The second-order valence-corrected chi connectivity index (χ2v) is 8.20. The monoisotopic (exact) mass is 460 g/mol. The van der Waals surface area contributed by atoms with Crippen LogP contribution >= 0.6 is 0 Å². The lowest BCUT2D eigenvalue weighted by Crippen LogP contribution is -2.13. The number of pyridine rings is 2. The number of aromatic hydroxyl groups is 1. The summed E-state index contributed by atoms with van der Waals surface area (Å²) < 4.78 is 13.3. The summed E-state index contributed by atoms with van der Waals surface area (Å²) in [5.74, 6) is 0.256. The van der Waals surface area contributed by atoms with E-state index in [0.29, 0.717) is 40.1 Å². The fraction of sp³-hybridized carbons (Fsp3) is 0.269. The van der Waals surface area contributed by atoms with Gasteiger partial charge >= 0.3 is 5.97 Å². The number of aryl methyl sites for hydroxylation is 1. The highest BCUT2D eigenvalue weighted by Gasteiger charge is 2.28. The summed E-state index contributed by atoms with van der Waals surface area (Å²) in [5.41, 5.74) is 3.92. The van der Waals surface area contributed by atoms with Crippen LogP contribution in [0.1, 0.15) is 28.5 Å². The molecule has 1 N–H and O–H groups in total. The predicted octanol–water partition coefficient (Wildman–Crippen LogP) is 4.16. The number of aromatic nitrogens is 3. The number of carbonyl (C=O) groups is 1. The van der Waals surface area contributed by atoms with Crippen LogP contribution in [0.5, 0.6) is 11.5 Å². The zero-order valence-corrected chi connectivity index (χ0v) is 19.8. The normalized spacial score (nSPS) is 11.2. The number of fused-ring (bicyclic) bond motifs is 1. The van der Waals surface area contributed by atoms with Gasteiger partial charge in [0.1, 0.15) is 18.1 Å². The Morgan fingerprint density at radius 3 is 2.50 bits per heavy atom. The van der Waals surface area contributed by atoms with Crippen molar-refractivity contribution in [1.82, 2.24) is 19.4 Å². The van der Waals surface area contributed by atoms with Gasteiger partial charge in [0.05, 0.1) is 29.6 Å². The van der Waals surface area contributed by atoms with E-state index in [2.05, 4.69) is 9.97 Å². The fourth-order valence-corrected chi connectivity index (χ4v) is 4.10. The van der Waals surface area contributed by atoms with Gasteiger partial charge in [-0.2, -0.15) is 0 Å². The average molecular weight is 461 g/mol. The highest BCUT2D eigenvalue weighted by atomic mass is 16.5. The number of rotatable bonds is 8. The lowest BCUT2D eigenvalue weighted by molar-refractivity contribution is 0.0525. The standard InChI is InChI=1S/C26H28N4O4/c1-5-33-26(32)24-22(16-34-18-9-7-11-28-14-18)30(4)21-12-19(17-8-6-10-27-13-17)25(31)20(23(21)24)15-29(2)3/h6-14,31H,5,15-16H2,1-4H3. The van der Waals surface area contributed by atoms with Crippen molar-refractivity contribution >= 4 is 16.9 Å². The van der Waals surface area contributed by atoms with Crippen LogP contribution in [0.3, 0.4) is 0 Å². The van der Waals surface area contributed by atoms with Gasteiger partial charge in [-0.3, -0.25) is 9.97 Å². The van der Waals surface area contributed by atoms with Crippen LogP contribution in [-0.4, -0.2) is 51.2 Å². The largest absolute Gasteiger partial charge is 0.507 e. The van der Waals surface area contributed by atoms with E-state index < -0.39 is 5.97 Å². The molecule has 0 unspecified atom stereocenters. The molecular weight excluding hydrogens is 432 g/mol. The third-order valence-electron chi connectivity index (χ3n) is 5.62. The lowest BCUT2D eigenvalue weighted by atomic mass is 9.96. The topological polar surface area (TPSA) is 89.7 Å². The van der Waals surface area contributed by atoms with Gasteiger partial charge in [-0.1, -0.05) is 6.07 Å². The van der Waals surface area contributed by atoms with Crippen LogP contribution in [0.25, 0.3) is 22.0 Å². The summed E-state index contributed by atoms with van der Waals surface area (Å²) in [4.78, 5) is 23.4. The quantitative estimate of drug-likeness (QED) is 0.395. The van der Waals surface area contributed by atoms with E-state index >= 15 is 0 Å². The smallest absolute Gasteiger partial charge is 0.340 e. The molecule has 0 saturated carbocycles. The first-order valence-corrected chi connectivity index (χ1v) is 11.0. The van der Waals surface area contributed by atoms with Crippen molar-refractivity contribution in [2.24, 2.45) is 7.05 Å². The number of carbonyl (C=O) groups excluding carboxylic acids is 1. The first kappa shape index (κ1) is 23.3. The Morgan fingerprint density at radius 1 is 1.15 bits per heavy atom. The minimum atomic E-state index is -0.452. The molecule has 1 aromatic carbocycles. The Kier molecular flexibility index (Phi) is 6.79. The Hall–Kier alpha value is -3.91. The molecule has 8 nitrogen and oxygen atoms in total. The summed E-state index contributed by atoms with van der Waals surface area (Å²) in [6.07, 6.45) is 6.69. The first-order chi connectivity index (χ1) is 16.4. The molecule has 3 heterocycles. The Balaban J connectivity index is 1.98. The number of hydrogen-bond acceptors (Lipinski definition) is 7. The summed E-state index contributed by atoms with van der Waals surface area (Å²) in [7, 11) is 5.72. The van der Waals surface area contributed by atoms with Gasteiger partial charge in [-0.15, -0.1) is 0 Å². The molecule has 176 valence electrons. The molecule has 0 aliphatic heterocycles. The van der Waals surface area contributed by atoms with E-state index in [1.54, 1.807) is 37.8 Å². The molecule has 3 aromatic heterocycles. The predicted molar refractivity (Wildman–Crippen MR) is 130 cm³/mol. The molecule has 0 aliphatic carbocycles. The fourth-order valence-electron chi connectivity index (χ4n) is 4.10. The number of ether oxygens (including phenoxy) is 2. The third kappa shape index (κ3) is 4.45. The SMILES string of the molecule is CCOC(=O)c1c(COc2cccnc2)n(C)c2cc(-c3cccnc3)c(O)c(CN(C)C)c12. The minimum absolute atomic E-state index is 0.116. The van der Waals surface area contributed by atoms with Crippen molar-refractivity contribution < 1.29 is 19.4 Å². The highest BCUT2D eigenvalue weighted by Crippen LogP contribution is 2.41. The van der Waals surface area contributed by atoms with Gasteiger partial charge in [0.2, 0.25) is 0 Å². The van der Waals surface area contributed by atoms with E-state index in [4.69, 9.17) is 9.47 Å². The number of phenolic OH excluding ortho intramolecular Hbond substituents is 1. The minimum Gasteiger partial charge on any atom is -0.507 e. The van der Waals surface area contributed by atoms with E-state index in [0.717, 1.165) is 11.1 Å². The second-order valence-electron chi connectivity index (χ2n) is 8.20. The maximum absolute atomic E-state index is 13.2. The van der Waals surface area contributed by atoms with Crippen molar-refractivity contribution in [3.63, 3.8) is 0 Å². The maximum Gasteiger partial charge on any atom is 0.340 e. The van der Waals surface area contributed by atoms with Crippen LogP contribution in [0.4, 0.5) is 0 Å². The number of esters is 1. The van der Waals surface area contributed by atoms with E-state index in [1.165, 1.54) is 0 Å². The maximum atomic E-state index is 13.2. The van der Waals surface area contributed by atoms with Gasteiger partial charge < -0.3 is 24.0 Å². The third-order valence-corrected chi connectivity index (χ3v) is 5.62. The molecule has 4 aromatic rings. The molecule has 0 atom stereocenters. The average Bonchev–Trinajstić information content (AvgIpc) is 3.12. The van der Waals surface area contributed by atoms with Gasteiger partial charge in [-0.05, 0) is 45.3 Å². The summed E-state index contributed by atoms with van der Waals surface area (Å²) >= 11 is 0. The summed E-state index contributed by atoms with van der Waals surface area (Å²) in [5, 5.41) is 12.0. The molecule has 4 rings (SSSR count). The van der Waals surface area contributed by atoms with E-state index in [-0.39, 0.29) is 19.0 Å². The Bertz CT molecular complexity index is 1300. The molecule has 8 heteroatoms. The molecule has 0 radical (unpaired) electrons. The van der Waals surface area contributed by atoms with Gasteiger partial charge in [0, 0.05) is 54.3 Å². The number of nitrogens with zero attached hydrogens (tertiary/aromatic N) is 4. The van der Waals surface area contributed by atoms with Gasteiger partial charge in [0.15, 0.2) is 0 Å². The molecule has 0 bridgehead atoms. The van der Waals surface area contributed by atoms with Crippen molar-refractivity contribution in [1.29, 1.82) is 0 Å². The Morgan fingerprint density at radius 2 is 1.88 bits per heavy atom. The number of phenols is 1. The van der Waals surface area contributed by atoms with Gasteiger partial charge in [-0.25, -0.2) is 4.79 Å². The highest BCUT2D eigenvalue weighted by molar-refractivity contribution is 6.09. The summed E-state index contributed by atoms with van der Waals surface area (Å²) in [6, 6.07) is 9.21. The van der Waals surface area contributed by atoms with Crippen LogP contribution in [0.2, 0.25) is 0 Å². The molecule has 0 spiro atoms. The van der Waals surface area contributed by atoms with Crippen LogP contribution in [0.15, 0.2) is 55.1 Å². The van der Waals surface area contributed by atoms with Crippen molar-refractivity contribution in [2.45, 2.75) is 20.1 Å². The van der Waals surface area contributed by atoms with Crippen molar-refractivity contribution in [3.8, 4) is 22.6 Å². The molecule has 0 fully saturated rings. The molecule has 0 aliphatic rings. The molecule has 0 amide bonds. The molecular formula is C26H28N4O4. The number of hydrogen-bond donors (Lipinski definition) is 1. The van der Waals surface area contributed by atoms with Crippen LogP contribution in [0, 0.1) is 0 Å². The number of benzene rings is 1. The lowest BCUT2D eigenvalue weighted by Gasteiger charge is -2.17. The Labute approximate surface area is 198 Å². The van der Waals surface area contributed by atoms with E-state index in [1.807, 2.05) is 54.9 Å². The second kappa shape index (κ2) is 9.93. The molecule has 0 saturated heterocycles.